The van der Waals surface area contributed by atoms with Gasteiger partial charge in [-0.3, -0.25) is 0 Å². The van der Waals surface area contributed by atoms with Crippen molar-refractivity contribution >= 4 is 11.9 Å². The minimum absolute atomic E-state index is 0.194. The zero-order valence-corrected chi connectivity index (χ0v) is 13.3. The maximum absolute atomic E-state index is 10.6. The van der Waals surface area contributed by atoms with Gasteiger partial charge in [-0.05, 0) is 17.9 Å². The van der Waals surface area contributed by atoms with Crippen LogP contribution >= 0.6 is 0 Å². The molecule has 2 aromatic rings. The lowest BCUT2D eigenvalue weighted by atomic mass is 10.1. The van der Waals surface area contributed by atoms with Crippen molar-refractivity contribution in [2.75, 3.05) is 18.5 Å². The zero-order chi connectivity index (χ0) is 16.7. The highest BCUT2D eigenvalue weighted by Gasteiger charge is 2.10. The first-order valence-corrected chi connectivity index (χ1v) is 7.56. The van der Waals surface area contributed by atoms with E-state index in [0.717, 1.165) is 12.1 Å². The molecule has 2 N–H and O–H groups in total. The van der Waals surface area contributed by atoms with Gasteiger partial charge >= 0.3 is 5.97 Å². The van der Waals surface area contributed by atoms with Gasteiger partial charge in [0.1, 0.15) is 0 Å². The highest BCUT2D eigenvalue weighted by molar-refractivity contribution is 5.68. The first-order chi connectivity index (χ1) is 11.0. The highest BCUT2D eigenvalue weighted by Crippen LogP contribution is 2.19. The summed E-state index contributed by atoms with van der Waals surface area (Å²) in [6.45, 7) is 4.29. The van der Waals surface area contributed by atoms with Gasteiger partial charge in [0.2, 0.25) is 11.8 Å². The second-order valence-corrected chi connectivity index (χ2v) is 5.45. The Hall–Kier alpha value is -2.63. The fourth-order valence-electron chi connectivity index (χ4n) is 1.99. The van der Waals surface area contributed by atoms with Crippen molar-refractivity contribution in [2.24, 2.45) is 0 Å². The van der Waals surface area contributed by atoms with E-state index in [9.17, 15) is 4.79 Å². The number of aliphatic carboxylic acids is 1. The van der Waals surface area contributed by atoms with Gasteiger partial charge in [0, 0.05) is 12.6 Å². The molecule has 6 heteroatoms. The van der Waals surface area contributed by atoms with Crippen LogP contribution in [-0.2, 0) is 11.2 Å². The summed E-state index contributed by atoms with van der Waals surface area (Å²) in [5, 5.41) is 11.9. The van der Waals surface area contributed by atoms with E-state index >= 15 is 0 Å². The van der Waals surface area contributed by atoms with Crippen LogP contribution in [0.1, 0.15) is 31.0 Å². The standard InChI is InChI=1S/C17H21N3O3/c1-12(2)14-10-15(23-11-16(21)22)20-17(19-14)18-9-8-13-6-4-3-5-7-13/h3-7,10,12H,8-9,11H2,1-2H3,(H,21,22)(H,18,19,20). The number of nitrogens with one attached hydrogen (secondary N) is 1. The maximum Gasteiger partial charge on any atom is 0.341 e. The molecule has 0 aliphatic rings. The van der Waals surface area contributed by atoms with Crippen LogP contribution in [0.3, 0.4) is 0 Å². The highest BCUT2D eigenvalue weighted by atomic mass is 16.5. The summed E-state index contributed by atoms with van der Waals surface area (Å²) in [6.07, 6.45) is 0.849. The topological polar surface area (TPSA) is 84.3 Å². The summed E-state index contributed by atoms with van der Waals surface area (Å²) in [5.41, 5.74) is 2.03. The second-order valence-electron chi connectivity index (χ2n) is 5.45. The molecule has 0 amide bonds. The SMILES string of the molecule is CC(C)c1cc(OCC(=O)O)nc(NCCc2ccccc2)n1. The smallest absolute Gasteiger partial charge is 0.341 e. The lowest BCUT2D eigenvalue weighted by Gasteiger charge is -2.11. The molecular formula is C17H21N3O3. The lowest BCUT2D eigenvalue weighted by molar-refractivity contribution is -0.139. The minimum atomic E-state index is -1.03. The molecule has 1 aromatic carbocycles. The van der Waals surface area contributed by atoms with Gasteiger partial charge in [0.05, 0.1) is 5.69 Å². The van der Waals surface area contributed by atoms with Crippen molar-refractivity contribution in [1.29, 1.82) is 0 Å². The van der Waals surface area contributed by atoms with Crippen LogP contribution in [0.25, 0.3) is 0 Å². The summed E-state index contributed by atoms with van der Waals surface area (Å²) < 4.78 is 5.17. The number of benzene rings is 1. The predicted octanol–water partition coefficient (Wildman–Crippen LogP) is 2.72. The Morgan fingerprint density at radius 1 is 1.26 bits per heavy atom. The Morgan fingerprint density at radius 2 is 2.00 bits per heavy atom. The van der Waals surface area contributed by atoms with Gasteiger partial charge in [-0.25, -0.2) is 9.78 Å². The van der Waals surface area contributed by atoms with E-state index in [4.69, 9.17) is 9.84 Å². The number of carbonyl (C=O) groups is 1. The largest absolute Gasteiger partial charge is 0.479 e. The molecule has 0 fully saturated rings. The number of anilines is 1. The average molecular weight is 315 g/mol. The molecule has 0 aliphatic heterocycles. The molecule has 0 unspecified atom stereocenters. The fraction of sp³-hybridized carbons (Fsp3) is 0.353. The van der Waals surface area contributed by atoms with Crippen LogP contribution in [0, 0.1) is 0 Å². The number of ether oxygens (including phenoxy) is 1. The summed E-state index contributed by atoms with van der Waals surface area (Å²) >= 11 is 0. The van der Waals surface area contributed by atoms with E-state index in [1.165, 1.54) is 5.56 Å². The minimum Gasteiger partial charge on any atom is -0.479 e. The summed E-state index contributed by atoms with van der Waals surface area (Å²) in [6, 6.07) is 11.8. The van der Waals surface area contributed by atoms with E-state index < -0.39 is 12.6 Å². The molecule has 122 valence electrons. The molecule has 0 aliphatic carbocycles. The Labute approximate surface area is 135 Å². The van der Waals surface area contributed by atoms with Gasteiger partial charge in [-0.1, -0.05) is 44.2 Å². The summed E-state index contributed by atoms with van der Waals surface area (Å²) in [7, 11) is 0. The van der Waals surface area contributed by atoms with Crippen LogP contribution < -0.4 is 10.1 Å². The molecule has 1 aromatic heterocycles. The number of rotatable bonds is 8. The molecule has 6 nitrogen and oxygen atoms in total. The fourth-order valence-corrected chi connectivity index (χ4v) is 1.99. The van der Waals surface area contributed by atoms with E-state index in [0.29, 0.717) is 12.5 Å². The number of hydrogen-bond donors (Lipinski definition) is 2. The number of hydrogen-bond acceptors (Lipinski definition) is 5. The Balaban J connectivity index is 2.02. The van der Waals surface area contributed by atoms with Crippen molar-refractivity contribution in [2.45, 2.75) is 26.2 Å². The van der Waals surface area contributed by atoms with E-state index in [1.807, 2.05) is 32.0 Å². The quantitative estimate of drug-likeness (QED) is 0.779. The number of carboxylic acid groups (broad SMARTS) is 1. The normalized spacial score (nSPS) is 10.6. The van der Waals surface area contributed by atoms with Gasteiger partial charge in [0.25, 0.3) is 0 Å². The van der Waals surface area contributed by atoms with Crippen molar-refractivity contribution in [3.05, 3.63) is 47.7 Å². The van der Waals surface area contributed by atoms with Crippen molar-refractivity contribution in [3.8, 4) is 5.88 Å². The maximum atomic E-state index is 10.6. The first kappa shape index (κ1) is 16.7. The van der Waals surface area contributed by atoms with Gasteiger partial charge in [-0.15, -0.1) is 0 Å². The van der Waals surface area contributed by atoms with Crippen molar-refractivity contribution < 1.29 is 14.6 Å². The average Bonchev–Trinajstić information content (AvgIpc) is 2.54. The van der Waals surface area contributed by atoms with Crippen LogP contribution in [-0.4, -0.2) is 34.2 Å². The molecule has 0 saturated heterocycles. The van der Waals surface area contributed by atoms with Gasteiger partial charge in [0.15, 0.2) is 6.61 Å². The molecule has 0 atom stereocenters. The monoisotopic (exact) mass is 315 g/mol. The Morgan fingerprint density at radius 3 is 2.65 bits per heavy atom. The third kappa shape index (κ3) is 5.58. The van der Waals surface area contributed by atoms with Gasteiger partial charge in [-0.2, -0.15) is 4.98 Å². The van der Waals surface area contributed by atoms with E-state index in [2.05, 4.69) is 27.4 Å². The summed E-state index contributed by atoms with van der Waals surface area (Å²) in [5.74, 6) is -0.117. The van der Waals surface area contributed by atoms with E-state index in [1.54, 1.807) is 6.07 Å². The van der Waals surface area contributed by atoms with E-state index in [-0.39, 0.29) is 11.8 Å². The van der Waals surface area contributed by atoms with Gasteiger partial charge < -0.3 is 15.2 Å². The number of nitrogens with zero attached hydrogens (tertiary/aromatic N) is 2. The first-order valence-electron chi connectivity index (χ1n) is 7.56. The molecule has 1 heterocycles. The third-order valence-corrected chi connectivity index (χ3v) is 3.20. The number of carboxylic acids is 1. The Bertz CT molecular complexity index is 645. The van der Waals surface area contributed by atoms with Crippen LogP contribution in [0.15, 0.2) is 36.4 Å². The molecule has 2 rings (SSSR count). The molecule has 0 spiro atoms. The Kier molecular flexibility index (Phi) is 5.91. The molecule has 0 bridgehead atoms. The zero-order valence-electron chi connectivity index (χ0n) is 13.3. The number of aromatic nitrogens is 2. The van der Waals surface area contributed by atoms with Crippen LogP contribution in [0.4, 0.5) is 5.95 Å². The van der Waals surface area contributed by atoms with Crippen molar-refractivity contribution in [1.82, 2.24) is 9.97 Å². The van der Waals surface area contributed by atoms with Crippen LogP contribution in [0.5, 0.6) is 5.88 Å². The molecule has 23 heavy (non-hydrogen) atoms. The molecule has 0 radical (unpaired) electrons. The van der Waals surface area contributed by atoms with Crippen LogP contribution in [0.2, 0.25) is 0 Å². The predicted molar refractivity (Wildman–Crippen MR) is 87.9 cm³/mol. The molecule has 0 saturated carbocycles. The second kappa shape index (κ2) is 8.12. The lowest BCUT2D eigenvalue weighted by Crippen LogP contribution is -2.13. The summed E-state index contributed by atoms with van der Waals surface area (Å²) in [4.78, 5) is 19.3. The third-order valence-electron chi connectivity index (χ3n) is 3.20. The van der Waals surface area contributed by atoms with Crippen molar-refractivity contribution in [3.63, 3.8) is 0 Å². The molecular weight excluding hydrogens is 294 g/mol.